The third-order valence-electron chi connectivity index (χ3n) is 5.92. The van der Waals surface area contributed by atoms with Gasteiger partial charge in [0, 0.05) is 38.8 Å². The third kappa shape index (κ3) is 9.60. The molecule has 0 aliphatic carbocycles. The van der Waals surface area contributed by atoms with Crippen molar-refractivity contribution < 1.29 is 4.74 Å². The monoisotopic (exact) mass is 565 g/mol. The maximum absolute atomic E-state index is 5.49. The molecule has 0 saturated carbocycles. The van der Waals surface area contributed by atoms with E-state index in [0.29, 0.717) is 12.6 Å². The van der Waals surface area contributed by atoms with Gasteiger partial charge in [-0.05, 0) is 44.1 Å². The van der Waals surface area contributed by atoms with Crippen LogP contribution in [0.2, 0.25) is 0 Å². The minimum Gasteiger partial charge on any atom is -0.379 e. The Labute approximate surface area is 216 Å². The number of hydrogen-bond donors (Lipinski definition) is 2. The molecule has 1 unspecified atom stereocenters. The van der Waals surface area contributed by atoms with Crippen molar-refractivity contribution >= 4 is 29.9 Å². The highest BCUT2D eigenvalue weighted by molar-refractivity contribution is 14.0. The van der Waals surface area contributed by atoms with E-state index in [9.17, 15) is 0 Å². The van der Waals surface area contributed by atoms with E-state index in [1.54, 1.807) is 0 Å². The van der Waals surface area contributed by atoms with Crippen molar-refractivity contribution in [2.45, 2.75) is 32.5 Å². The Bertz CT molecular complexity index is 824. The van der Waals surface area contributed by atoms with Crippen molar-refractivity contribution in [3.8, 4) is 0 Å². The summed E-state index contributed by atoms with van der Waals surface area (Å²) in [5.74, 6) is 0.869. The minimum absolute atomic E-state index is 0. The number of guanidine groups is 1. The van der Waals surface area contributed by atoms with Crippen LogP contribution in [0.1, 0.15) is 23.6 Å². The van der Waals surface area contributed by atoms with Crippen LogP contribution in [0, 0.1) is 0 Å². The van der Waals surface area contributed by atoms with E-state index in [1.165, 1.54) is 16.7 Å². The first-order chi connectivity index (χ1) is 15.7. The second-order valence-electron chi connectivity index (χ2n) is 8.54. The zero-order chi connectivity index (χ0) is 22.6. The second kappa shape index (κ2) is 15.3. The van der Waals surface area contributed by atoms with Crippen LogP contribution in [0.25, 0.3) is 0 Å². The summed E-state index contributed by atoms with van der Waals surface area (Å²) in [6.45, 7) is 9.05. The number of nitrogens with zero attached hydrogens (tertiary/aromatic N) is 3. The van der Waals surface area contributed by atoms with Gasteiger partial charge in [-0.2, -0.15) is 0 Å². The van der Waals surface area contributed by atoms with Crippen LogP contribution in [0.15, 0.2) is 59.6 Å². The molecule has 1 fully saturated rings. The topological polar surface area (TPSA) is 52.1 Å². The molecular formula is C26H40IN5O. The Morgan fingerprint density at radius 1 is 1.00 bits per heavy atom. The van der Waals surface area contributed by atoms with E-state index < -0.39 is 0 Å². The van der Waals surface area contributed by atoms with Crippen LogP contribution in [-0.4, -0.2) is 75.3 Å². The summed E-state index contributed by atoms with van der Waals surface area (Å²) in [5, 5.41) is 6.97. The zero-order valence-electron chi connectivity index (χ0n) is 20.3. The van der Waals surface area contributed by atoms with Gasteiger partial charge in [0.15, 0.2) is 5.96 Å². The lowest BCUT2D eigenvalue weighted by Gasteiger charge is -2.27. The lowest BCUT2D eigenvalue weighted by molar-refractivity contribution is 0.0341. The van der Waals surface area contributed by atoms with Gasteiger partial charge >= 0.3 is 0 Å². The lowest BCUT2D eigenvalue weighted by atomic mass is 10.1. The highest BCUT2D eigenvalue weighted by atomic mass is 127. The van der Waals surface area contributed by atoms with Crippen molar-refractivity contribution in [3.63, 3.8) is 0 Å². The molecule has 6 nitrogen and oxygen atoms in total. The molecule has 182 valence electrons. The van der Waals surface area contributed by atoms with Gasteiger partial charge in [-0.15, -0.1) is 24.0 Å². The van der Waals surface area contributed by atoms with Gasteiger partial charge in [0.05, 0.1) is 19.8 Å². The second-order valence-corrected chi connectivity index (χ2v) is 8.54. The van der Waals surface area contributed by atoms with Gasteiger partial charge in [0.1, 0.15) is 0 Å². The number of hydrogen-bond acceptors (Lipinski definition) is 4. The molecule has 0 radical (unpaired) electrons. The first-order valence-electron chi connectivity index (χ1n) is 11.7. The molecule has 2 N–H and O–H groups in total. The summed E-state index contributed by atoms with van der Waals surface area (Å²) >= 11 is 0. The minimum atomic E-state index is 0. The van der Waals surface area contributed by atoms with Crippen molar-refractivity contribution in [1.29, 1.82) is 0 Å². The summed E-state index contributed by atoms with van der Waals surface area (Å²) in [6.07, 6.45) is 1.00. The average molecular weight is 566 g/mol. The number of ether oxygens (including phenoxy) is 1. The molecule has 33 heavy (non-hydrogen) atoms. The number of halogens is 1. The Morgan fingerprint density at radius 2 is 1.67 bits per heavy atom. The predicted molar refractivity (Wildman–Crippen MR) is 148 cm³/mol. The SMILES string of the molecule is CCNC(=NCc1ccccc1CN1CCOCC1)NCC(Cc1ccccc1)N(C)C.I. The molecular weight excluding hydrogens is 525 g/mol. The molecule has 1 aliphatic rings. The molecule has 1 saturated heterocycles. The number of rotatable bonds is 10. The van der Waals surface area contributed by atoms with E-state index >= 15 is 0 Å². The molecule has 2 aromatic rings. The van der Waals surface area contributed by atoms with Gasteiger partial charge in [0.2, 0.25) is 0 Å². The van der Waals surface area contributed by atoms with Crippen LogP contribution < -0.4 is 10.6 Å². The van der Waals surface area contributed by atoms with E-state index in [2.05, 4.69) is 96.0 Å². The number of benzene rings is 2. The van der Waals surface area contributed by atoms with Gasteiger partial charge < -0.3 is 20.3 Å². The molecule has 0 bridgehead atoms. The Balaban J connectivity index is 0.00000385. The molecule has 0 spiro atoms. The molecule has 2 aromatic carbocycles. The van der Waals surface area contributed by atoms with Gasteiger partial charge in [-0.1, -0.05) is 54.6 Å². The van der Waals surface area contributed by atoms with Crippen LogP contribution in [-0.2, 0) is 24.2 Å². The highest BCUT2D eigenvalue weighted by Crippen LogP contribution is 2.14. The van der Waals surface area contributed by atoms with Crippen molar-refractivity contribution in [2.24, 2.45) is 4.99 Å². The van der Waals surface area contributed by atoms with Gasteiger partial charge in [-0.25, -0.2) is 4.99 Å². The molecule has 1 heterocycles. The summed E-state index contributed by atoms with van der Waals surface area (Å²) < 4.78 is 5.49. The Hall–Kier alpha value is -1.68. The summed E-state index contributed by atoms with van der Waals surface area (Å²) in [7, 11) is 4.28. The number of morpholine rings is 1. The number of nitrogens with one attached hydrogen (secondary N) is 2. The van der Waals surface area contributed by atoms with Crippen LogP contribution in [0.5, 0.6) is 0 Å². The zero-order valence-corrected chi connectivity index (χ0v) is 22.6. The maximum atomic E-state index is 5.49. The van der Waals surface area contributed by atoms with Crippen LogP contribution in [0.4, 0.5) is 0 Å². The van der Waals surface area contributed by atoms with Gasteiger partial charge in [0.25, 0.3) is 0 Å². The Morgan fingerprint density at radius 3 is 2.33 bits per heavy atom. The predicted octanol–water partition coefficient (Wildman–Crippen LogP) is 3.36. The fourth-order valence-electron chi connectivity index (χ4n) is 3.91. The fraction of sp³-hybridized carbons (Fsp3) is 0.500. The van der Waals surface area contributed by atoms with Crippen LogP contribution in [0.3, 0.4) is 0 Å². The third-order valence-corrected chi connectivity index (χ3v) is 5.92. The average Bonchev–Trinajstić information content (AvgIpc) is 2.82. The van der Waals surface area contributed by atoms with Crippen molar-refractivity contribution in [1.82, 2.24) is 20.4 Å². The van der Waals surface area contributed by atoms with Crippen molar-refractivity contribution in [3.05, 3.63) is 71.3 Å². The summed E-state index contributed by atoms with van der Waals surface area (Å²) in [6, 6.07) is 19.7. The van der Waals surface area contributed by atoms with E-state index in [0.717, 1.165) is 58.3 Å². The first kappa shape index (κ1) is 27.6. The normalized spacial score (nSPS) is 15.7. The number of likely N-dealkylation sites (N-methyl/N-ethyl adjacent to an activating group) is 1. The molecule has 3 rings (SSSR count). The quantitative estimate of drug-likeness (QED) is 0.263. The lowest BCUT2D eigenvalue weighted by Crippen LogP contribution is -2.46. The fourth-order valence-corrected chi connectivity index (χ4v) is 3.91. The largest absolute Gasteiger partial charge is 0.379 e. The van der Waals surface area contributed by atoms with Crippen molar-refractivity contribution in [2.75, 3.05) is 53.5 Å². The van der Waals surface area contributed by atoms with E-state index in [1.807, 2.05) is 0 Å². The van der Waals surface area contributed by atoms with Gasteiger partial charge in [-0.3, -0.25) is 4.90 Å². The first-order valence-corrected chi connectivity index (χ1v) is 11.7. The maximum Gasteiger partial charge on any atom is 0.191 e. The highest BCUT2D eigenvalue weighted by Gasteiger charge is 2.14. The van der Waals surface area contributed by atoms with E-state index in [4.69, 9.17) is 9.73 Å². The smallest absolute Gasteiger partial charge is 0.191 e. The van der Waals surface area contributed by atoms with E-state index in [-0.39, 0.29) is 24.0 Å². The molecule has 7 heteroatoms. The molecule has 1 aliphatic heterocycles. The van der Waals surface area contributed by atoms with Crippen LogP contribution >= 0.6 is 24.0 Å². The number of aliphatic imine (C=N–C) groups is 1. The Kier molecular flexibility index (Phi) is 12.8. The summed E-state index contributed by atoms with van der Waals surface area (Å²) in [4.78, 5) is 9.65. The molecule has 0 aromatic heterocycles. The molecule has 1 atom stereocenters. The molecule has 0 amide bonds. The standard InChI is InChI=1S/C26H39N5O.HI/c1-4-27-26(29-20-25(30(2)3)18-22-10-6-5-7-11-22)28-19-23-12-8-9-13-24(23)21-31-14-16-32-17-15-31;/h5-13,25H,4,14-21H2,1-3H3,(H2,27,28,29);1H. The summed E-state index contributed by atoms with van der Waals surface area (Å²) in [5.41, 5.74) is 3.99.